The predicted octanol–water partition coefficient (Wildman–Crippen LogP) is 1.80. The van der Waals surface area contributed by atoms with Gasteiger partial charge >= 0.3 is 5.69 Å². The molecule has 1 aromatic carbocycles. The molecule has 0 amide bonds. The minimum Gasteiger partial charge on any atom is -0.306 e. The van der Waals surface area contributed by atoms with Crippen LogP contribution in [0.1, 0.15) is 18.9 Å². The third-order valence-corrected chi connectivity index (χ3v) is 2.59. The number of imidazole rings is 1. The number of nitrogens with one attached hydrogen (secondary N) is 1. The molecule has 1 saturated carbocycles. The van der Waals surface area contributed by atoms with Crippen LogP contribution in [0.2, 0.25) is 0 Å². The Kier molecular flexibility index (Phi) is 1.37. The predicted molar refractivity (Wildman–Crippen MR) is 50.8 cm³/mol. The van der Waals surface area contributed by atoms with Crippen LogP contribution in [0.25, 0.3) is 11.0 Å². The molecule has 0 saturated heterocycles. The van der Waals surface area contributed by atoms with Crippen LogP contribution >= 0.6 is 0 Å². The minimum absolute atomic E-state index is 0.131. The van der Waals surface area contributed by atoms with Crippen LogP contribution in [-0.2, 0) is 0 Å². The fraction of sp³-hybridized carbons (Fsp3) is 0.300. The second-order valence-corrected chi connectivity index (χ2v) is 3.69. The zero-order valence-corrected chi connectivity index (χ0v) is 7.46. The van der Waals surface area contributed by atoms with Crippen molar-refractivity contribution in [2.24, 2.45) is 0 Å². The Hall–Kier alpha value is -1.58. The van der Waals surface area contributed by atoms with E-state index < -0.39 is 0 Å². The molecule has 1 heterocycles. The van der Waals surface area contributed by atoms with Crippen LogP contribution < -0.4 is 5.69 Å². The first-order valence-electron chi connectivity index (χ1n) is 4.65. The van der Waals surface area contributed by atoms with Crippen molar-refractivity contribution in [3.8, 4) is 0 Å². The standard InChI is InChI=1S/C10H9FN2O/c11-6-1-4-8-9(5-6)13(7-2-3-7)10(14)12-8/h1,4-5,7H,2-3H2,(H,12,14). The van der Waals surface area contributed by atoms with Crippen molar-refractivity contribution in [3.05, 3.63) is 34.5 Å². The zero-order chi connectivity index (χ0) is 9.71. The fourth-order valence-electron chi connectivity index (χ4n) is 1.79. The average molecular weight is 192 g/mol. The van der Waals surface area contributed by atoms with Gasteiger partial charge in [-0.25, -0.2) is 9.18 Å². The van der Waals surface area contributed by atoms with Crippen LogP contribution in [0.15, 0.2) is 23.0 Å². The Balaban J connectivity index is 2.39. The second kappa shape index (κ2) is 2.47. The van der Waals surface area contributed by atoms with Gasteiger partial charge in [-0.15, -0.1) is 0 Å². The molecule has 1 fully saturated rings. The normalized spacial score (nSPS) is 16.4. The SMILES string of the molecule is O=c1[nH]c2ccc(F)cc2n1C1CC1. The highest BCUT2D eigenvalue weighted by Gasteiger charge is 2.27. The van der Waals surface area contributed by atoms with Crippen molar-refractivity contribution in [1.29, 1.82) is 0 Å². The maximum absolute atomic E-state index is 13.0. The van der Waals surface area contributed by atoms with Crippen LogP contribution in [0.4, 0.5) is 4.39 Å². The van der Waals surface area contributed by atoms with E-state index in [9.17, 15) is 9.18 Å². The third-order valence-electron chi connectivity index (χ3n) is 2.59. The summed E-state index contributed by atoms with van der Waals surface area (Å²) >= 11 is 0. The maximum Gasteiger partial charge on any atom is 0.326 e. The molecule has 0 spiro atoms. The summed E-state index contributed by atoms with van der Waals surface area (Å²) in [7, 11) is 0. The minimum atomic E-state index is -0.300. The van der Waals surface area contributed by atoms with Crippen molar-refractivity contribution in [1.82, 2.24) is 9.55 Å². The zero-order valence-electron chi connectivity index (χ0n) is 7.46. The lowest BCUT2D eigenvalue weighted by Gasteiger charge is -1.98. The van der Waals surface area contributed by atoms with E-state index in [1.165, 1.54) is 12.1 Å². The van der Waals surface area contributed by atoms with Crippen LogP contribution in [-0.4, -0.2) is 9.55 Å². The van der Waals surface area contributed by atoms with Gasteiger partial charge in [0.2, 0.25) is 0 Å². The largest absolute Gasteiger partial charge is 0.326 e. The summed E-state index contributed by atoms with van der Waals surface area (Å²) in [4.78, 5) is 14.2. The Morgan fingerprint density at radius 2 is 2.21 bits per heavy atom. The first-order chi connectivity index (χ1) is 6.75. The van der Waals surface area contributed by atoms with Gasteiger partial charge < -0.3 is 4.98 Å². The lowest BCUT2D eigenvalue weighted by atomic mass is 10.3. The van der Waals surface area contributed by atoms with Gasteiger partial charge in [0, 0.05) is 6.04 Å². The number of aromatic nitrogens is 2. The molecule has 4 heteroatoms. The van der Waals surface area contributed by atoms with Crippen molar-refractivity contribution in [2.75, 3.05) is 0 Å². The van der Waals surface area contributed by atoms with E-state index in [1.54, 1.807) is 10.6 Å². The number of H-pyrrole nitrogens is 1. The van der Waals surface area contributed by atoms with E-state index >= 15 is 0 Å². The van der Waals surface area contributed by atoms with Gasteiger partial charge in [-0.2, -0.15) is 0 Å². The van der Waals surface area contributed by atoms with Crippen molar-refractivity contribution in [3.63, 3.8) is 0 Å². The summed E-state index contributed by atoms with van der Waals surface area (Å²) < 4.78 is 14.6. The van der Waals surface area contributed by atoms with E-state index in [-0.39, 0.29) is 17.5 Å². The highest BCUT2D eigenvalue weighted by Crippen LogP contribution is 2.35. The van der Waals surface area contributed by atoms with E-state index in [4.69, 9.17) is 0 Å². The lowest BCUT2D eigenvalue weighted by molar-refractivity contribution is 0.627. The molecule has 0 unspecified atom stereocenters. The number of nitrogens with zero attached hydrogens (tertiary/aromatic N) is 1. The highest BCUT2D eigenvalue weighted by molar-refractivity contribution is 5.75. The molecule has 2 aromatic rings. The van der Waals surface area contributed by atoms with Gasteiger partial charge in [0.1, 0.15) is 5.82 Å². The molecule has 14 heavy (non-hydrogen) atoms. The van der Waals surface area contributed by atoms with Crippen LogP contribution in [0.3, 0.4) is 0 Å². The molecule has 0 aliphatic heterocycles. The van der Waals surface area contributed by atoms with Gasteiger partial charge in [0.15, 0.2) is 0 Å². The van der Waals surface area contributed by atoms with E-state index in [0.29, 0.717) is 11.0 Å². The number of benzene rings is 1. The number of hydrogen-bond acceptors (Lipinski definition) is 1. The third kappa shape index (κ3) is 0.999. The van der Waals surface area contributed by atoms with Gasteiger partial charge in [-0.05, 0) is 31.0 Å². The summed E-state index contributed by atoms with van der Waals surface area (Å²) in [6.07, 6.45) is 2.03. The molecule has 1 aliphatic carbocycles. The Labute approximate surface area is 79.2 Å². The molecule has 1 N–H and O–H groups in total. The molecule has 1 aromatic heterocycles. The van der Waals surface area contributed by atoms with Crippen LogP contribution in [0.5, 0.6) is 0 Å². The quantitative estimate of drug-likeness (QED) is 0.735. The Morgan fingerprint density at radius 1 is 1.43 bits per heavy atom. The van der Waals surface area contributed by atoms with E-state index in [0.717, 1.165) is 12.8 Å². The van der Waals surface area contributed by atoms with Gasteiger partial charge in [0.05, 0.1) is 11.0 Å². The number of hydrogen-bond donors (Lipinski definition) is 1. The smallest absolute Gasteiger partial charge is 0.306 e. The summed E-state index contributed by atoms with van der Waals surface area (Å²) in [5.74, 6) is -0.300. The average Bonchev–Trinajstić information content (AvgIpc) is 2.90. The fourth-order valence-corrected chi connectivity index (χ4v) is 1.79. The van der Waals surface area contributed by atoms with Crippen molar-refractivity contribution >= 4 is 11.0 Å². The summed E-state index contributed by atoms with van der Waals surface area (Å²) in [6.45, 7) is 0. The van der Waals surface area contributed by atoms with E-state index in [1.807, 2.05) is 0 Å². The van der Waals surface area contributed by atoms with Gasteiger partial charge in [-0.1, -0.05) is 0 Å². The molecular weight excluding hydrogens is 183 g/mol. The van der Waals surface area contributed by atoms with Crippen molar-refractivity contribution < 1.29 is 4.39 Å². The molecule has 72 valence electrons. The monoisotopic (exact) mass is 192 g/mol. The summed E-state index contributed by atoms with van der Waals surface area (Å²) in [5, 5.41) is 0. The van der Waals surface area contributed by atoms with E-state index in [2.05, 4.69) is 4.98 Å². The topological polar surface area (TPSA) is 37.8 Å². The van der Waals surface area contributed by atoms with Crippen molar-refractivity contribution in [2.45, 2.75) is 18.9 Å². The molecule has 3 rings (SSSR count). The number of aromatic amines is 1. The first kappa shape index (κ1) is 7.79. The number of rotatable bonds is 1. The number of halogens is 1. The Bertz CT molecular complexity index is 551. The summed E-state index contributed by atoms with van der Waals surface area (Å²) in [6, 6.07) is 4.64. The first-order valence-corrected chi connectivity index (χ1v) is 4.65. The van der Waals surface area contributed by atoms with Crippen LogP contribution in [0, 0.1) is 5.82 Å². The van der Waals surface area contributed by atoms with Gasteiger partial charge in [0.25, 0.3) is 0 Å². The van der Waals surface area contributed by atoms with Gasteiger partial charge in [-0.3, -0.25) is 4.57 Å². The molecule has 0 radical (unpaired) electrons. The number of fused-ring (bicyclic) bond motifs is 1. The maximum atomic E-state index is 13.0. The molecule has 3 nitrogen and oxygen atoms in total. The Morgan fingerprint density at radius 3 is 2.93 bits per heavy atom. The molecule has 0 bridgehead atoms. The molecule has 0 atom stereocenters. The molecule has 1 aliphatic rings. The summed E-state index contributed by atoms with van der Waals surface area (Å²) in [5.41, 5.74) is 1.26. The highest BCUT2D eigenvalue weighted by atomic mass is 19.1. The molecular formula is C10H9FN2O. The lowest BCUT2D eigenvalue weighted by Crippen LogP contribution is -2.14. The second-order valence-electron chi connectivity index (χ2n) is 3.69.